The van der Waals surface area contributed by atoms with Crippen molar-refractivity contribution < 1.29 is 0 Å². The Kier molecular flexibility index (Phi) is 3.37. The van der Waals surface area contributed by atoms with Crippen molar-refractivity contribution in [2.75, 3.05) is 5.32 Å². The van der Waals surface area contributed by atoms with Gasteiger partial charge < -0.3 is 5.32 Å². The molecule has 0 aliphatic carbocycles. The lowest BCUT2D eigenvalue weighted by atomic mass is 10.1. The van der Waals surface area contributed by atoms with E-state index in [0.29, 0.717) is 5.95 Å². The zero-order chi connectivity index (χ0) is 11.4. The smallest absolute Gasteiger partial charge is 0.227 e. The summed E-state index contributed by atoms with van der Waals surface area (Å²) in [6, 6.07) is 9.65. The van der Waals surface area contributed by atoms with Gasteiger partial charge in [0.2, 0.25) is 5.95 Å². The number of alkyl halides is 1. The quantitative estimate of drug-likeness (QED) is 0.825. The molecule has 0 saturated heterocycles. The first-order chi connectivity index (χ1) is 7.77. The van der Waals surface area contributed by atoms with Crippen molar-refractivity contribution in [2.45, 2.75) is 12.3 Å². The van der Waals surface area contributed by atoms with Crippen LogP contribution in [0.25, 0.3) is 0 Å². The maximum atomic E-state index is 6.09. The van der Waals surface area contributed by atoms with E-state index in [4.69, 9.17) is 11.6 Å². The van der Waals surface area contributed by atoms with Crippen molar-refractivity contribution >= 4 is 23.2 Å². The molecule has 0 aliphatic rings. The third-order valence-electron chi connectivity index (χ3n) is 2.20. The van der Waals surface area contributed by atoms with Gasteiger partial charge in [-0.3, -0.25) is 0 Å². The summed E-state index contributed by atoms with van der Waals surface area (Å²) in [6.45, 7) is 1.94. The molecule has 0 amide bonds. The lowest BCUT2D eigenvalue weighted by molar-refractivity contribution is 1.08. The zero-order valence-corrected chi connectivity index (χ0v) is 9.65. The van der Waals surface area contributed by atoms with Crippen LogP contribution in [0, 0.1) is 0 Å². The number of hydrogen-bond acceptors (Lipinski definition) is 3. The van der Waals surface area contributed by atoms with Crippen LogP contribution >= 0.6 is 11.6 Å². The molecule has 0 radical (unpaired) electrons. The van der Waals surface area contributed by atoms with E-state index in [2.05, 4.69) is 15.3 Å². The summed E-state index contributed by atoms with van der Waals surface area (Å²) in [5.74, 6) is 0.576. The van der Waals surface area contributed by atoms with Crippen molar-refractivity contribution in [1.29, 1.82) is 0 Å². The number of benzene rings is 1. The highest BCUT2D eigenvalue weighted by atomic mass is 35.5. The van der Waals surface area contributed by atoms with Gasteiger partial charge in [-0.05, 0) is 24.6 Å². The molecular formula is C12H12ClN3. The molecule has 4 heteroatoms. The Morgan fingerprint density at radius 2 is 1.81 bits per heavy atom. The molecule has 2 rings (SSSR count). The van der Waals surface area contributed by atoms with Crippen LogP contribution in [0.15, 0.2) is 42.7 Å². The van der Waals surface area contributed by atoms with E-state index in [9.17, 15) is 0 Å². The summed E-state index contributed by atoms with van der Waals surface area (Å²) in [7, 11) is 0. The summed E-state index contributed by atoms with van der Waals surface area (Å²) < 4.78 is 0. The number of halogens is 1. The maximum Gasteiger partial charge on any atom is 0.227 e. The molecule has 1 aromatic carbocycles. The van der Waals surface area contributed by atoms with Crippen molar-refractivity contribution in [2.24, 2.45) is 0 Å². The Morgan fingerprint density at radius 3 is 2.50 bits per heavy atom. The van der Waals surface area contributed by atoms with E-state index in [1.807, 2.05) is 31.2 Å². The largest absolute Gasteiger partial charge is 0.324 e. The monoisotopic (exact) mass is 233 g/mol. The second kappa shape index (κ2) is 4.94. The SMILES string of the molecule is CC(Cl)c1ccccc1Nc1ncccn1. The van der Waals surface area contributed by atoms with Gasteiger partial charge in [0.15, 0.2) is 0 Å². The standard InChI is InChI=1S/C12H12ClN3/c1-9(13)10-5-2-3-6-11(10)16-12-14-7-4-8-15-12/h2-9H,1H3,(H,14,15,16). The van der Waals surface area contributed by atoms with Crippen molar-refractivity contribution in [3.8, 4) is 0 Å². The number of rotatable bonds is 3. The molecule has 0 bridgehead atoms. The molecule has 2 aromatic rings. The summed E-state index contributed by atoms with van der Waals surface area (Å²) in [6.07, 6.45) is 3.39. The van der Waals surface area contributed by atoms with Gasteiger partial charge in [-0.1, -0.05) is 18.2 Å². The third-order valence-corrected chi connectivity index (χ3v) is 2.44. The number of nitrogens with zero attached hydrogens (tertiary/aromatic N) is 2. The lowest BCUT2D eigenvalue weighted by Crippen LogP contribution is -1.99. The minimum atomic E-state index is -0.0487. The Hall–Kier alpha value is -1.61. The average Bonchev–Trinajstić information content (AvgIpc) is 2.31. The fourth-order valence-corrected chi connectivity index (χ4v) is 1.63. The Balaban J connectivity index is 2.28. The van der Waals surface area contributed by atoms with E-state index in [-0.39, 0.29) is 5.38 Å². The van der Waals surface area contributed by atoms with Crippen LogP contribution in [0.4, 0.5) is 11.6 Å². The van der Waals surface area contributed by atoms with Crippen LogP contribution < -0.4 is 5.32 Å². The third kappa shape index (κ3) is 2.49. The van der Waals surface area contributed by atoms with Crippen LogP contribution in [-0.4, -0.2) is 9.97 Å². The Labute approximate surface area is 99.5 Å². The zero-order valence-electron chi connectivity index (χ0n) is 8.89. The summed E-state index contributed by atoms with van der Waals surface area (Å²) in [5, 5.41) is 3.10. The molecule has 1 atom stereocenters. The molecule has 0 aliphatic heterocycles. The van der Waals surface area contributed by atoms with Crippen molar-refractivity contribution in [3.63, 3.8) is 0 Å². The predicted octanol–water partition coefficient (Wildman–Crippen LogP) is 3.52. The molecule has 16 heavy (non-hydrogen) atoms. The van der Waals surface area contributed by atoms with E-state index in [1.54, 1.807) is 18.5 Å². The number of aromatic nitrogens is 2. The van der Waals surface area contributed by atoms with Crippen LogP contribution in [0.2, 0.25) is 0 Å². The highest BCUT2D eigenvalue weighted by Gasteiger charge is 2.07. The van der Waals surface area contributed by atoms with Gasteiger partial charge in [0.1, 0.15) is 0 Å². The van der Waals surface area contributed by atoms with Crippen molar-refractivity contribution in [3.05, 3.63) is 48.3 Å². The van der Waals surface area contributed by atoms with Gasteiger partial charge in [0.05, 0.1) is 5.38 Å². The summed E-state index contributed by atoms with van der Waals surface area (Å²) >= 11 is 6.09. The molecule has 1 unspecified atom stereocenters. The molecule has 1 aromatic heterocycles. The fourth-order valence-electron chi connectivity index (χ4n) is 1.44. The maximum absolute atomic E-state index is 6.09. The Morgan fingerprint density at radius 1 is 1.12 bits per heavy atom. The normalized spacial score (nSPS) is 12.1. The number of hydrogen-bond donors (Lipinski definition) is 1. The van der Waals surface area contributed by atoms with Gasteiger partial charge in [0.25, 0.3) is 0 Å². The Bertz CT molecular complexity index is 457. The van der Waals surface area contributed by atoms with Gasteiger partial charge in [-0.15, -0.1) is 11.6 Å². The molecule has 0 fully saturated rings. The molecule has 3 nitrogen and oxygen atoms in total. The minimum Gasteiger partial charge on any atom is -0.324 e. The molecule has 1 N–H and O–H groups in total. The van der Waals surface area contributed by atoms with Crippen LogP contribution in [0.3, 0.4) is 0 Å². The van der Waals surface area contributed by atoms with E-state index < -0.39 is 0 Å². The van der Waals surface area contributed by atoms with Crippen LogP contribution in [0.1, 0.15) is 17.9 Å². The second-order valence-corrected chi connectivity index (χ2v) is 4.06. The van der Waals surface area contributed by atoms with E-state index >= 15 is 0 Å². The first-order valence-corrected chi connectivity index (χ1v) is 5.48. The fraction of sp³-hybridized carbons (Fsp3) is 0.167. The highest BCUT2D eigenvalue weighted by Crippen LogP contribution is 2.28. The lowest BCUT2D eigenvalue weighted by Gasteiger charge is -2.11. The topological polar surface area (TPSA) is 37.8 Å². The van der Waals surface area contributed by atoms with Crippen molar-refractivity contribution in [1.82, 2.24) is 9.97 Å². The van der Waals surface area contributed by atoms with Crippen LogP contribution in [0.5, 0.6) is 0 Å². The molecule has 1 heterocycles. The second-order valence-electron chi connectivity index (χ2n) is 3.40. The van der Waals surface area contributed by atoms with Gasteiger partial charge in [-0.25, -0.2) is 9.97 Å². The number of nitrogens with one attached hydrogen (secondary N) is 1. The predicted molar refractivity (Wildman–Crippen MR) is 66.0 cm³/mol. The molecular weight excluding hydrogens is 222 g/mol. The molecule has 0 saturated carbocycles. The number of para-hydroxylation sites is 1. The van der Waals surface area contributed by atoms with Gasteiger partial charge in [-0.2, -0.15) is 0 Å². The minimum absolute atomic E-state index is 0.0487. The first kappa shape index (κ1) is 10.9. The van der Waals surface area contributed by atoms with Gasteiger partial charge >= 0.3 is 0 Å². The van der Waals surface area contributed by atoms with Crippen LogP contribution in [-0.2, 0) is 0 Å². The molecule has 0 spiro atoms. The molecule has 82 valence electrons. The summed E-state index contributed by atoms with van der Waals surface area (Å²) in [5.41, 5.74) is 1.98. The van der Waals surface area contributed by atoms with Gasteiger partial charge in [0, 0.05) is 18.1 Å². The first-order valence-electron chi connectivity index (χ1n) is 5.04. The average molecular weight is 234 g/mol. The van der Waals surface area contributed by atoms with E-state index in [0.717, 1.165) is 11.3 Å². The van der Waals surface area contributed by atoms with E-state index in [1.165, 1.54) is 0 Å². The number of anilines is 2. The summed E-state index contributed by atoms with van der Waals surface area (Å²) in [4.78, 5) is 8.22. The highest BCUT2D eigenvalue weighted by molar-refractivity contribution is 6.21.